The average molecular weight is 369 g/mol. The summed E-state index contributed by atoms with van der Waals surface area (Å²) in [7, 11) is 0. The number of rotatable bonds is 6. The Bertz CT molecular complexity index is 883. The number of nitrogens with zero attached hydrogens (tertiary/aromatic N) is 1. The fraction of sp³-hybridized carbons (Fsp3) is 0.100. The van der Waals surface area contributed by atoms with Gasteiger partial charge in [-0.05, 0) is 67.1 Å². The van der Waals surface area contributed by atoms with Crippen LogP contribution in [0, 0.1) is 6.92 Å². The maximum absolute atomic E-state index is 12.0. The number of hydrogen-bond donors (Lipinski definition) is 1. The molecule has 3 rings (SSSR count). The zero-order valence-electron chi connectivity index (χ0n) is 14.1. The number of carbonyl (C=O) groups excluding carboxylic acids is 1. The van der Waals surface area contributed by atoms with Crippen molar-refractivity contribution in [3.63, 3.8) is 0 Å². The number of amides is 1. The number of aryl methyl sites for hydroxylation is 1. The molecule has 2 aromatic carbocycles. The fourth-order valence-electron chi connectivity index (χ4n) is 2.26. The van der Waals surface area contributed by atoms with E-state index in [-0.39, 0.29) is 12.5 Å². The summed E-state index contributed by atoms with van der Waals surface area (Å²) in [6, 6.07) is 15.9. The molecule has 0 aliphatic rings. The molecular weight excluding hydrogens is 352 g/mol. The van der Waals surface area contributed by atoms with Crippen molar-refractivity contribution < 1.29 is 14.3 Å². The van der Waals surface area contributed by atoms with E-state index < -0.39 is 0 Å². The molecular formula is C20H17ClN2O3. The molecule has 26 heavy (non-hydrogen) atoms. The highest BCUT2D eigenvalue weighted by atomic mass is 35.5. The van der Waals surface area contributed by atoms with E-state index in [1.165, 1.54) is 0 Å². The van der Waals surface area contributed by atoms with Crippen LogP contribution in [-0.4, -0.2) is 17.5 Å². The molecule has 132 valence electrons. The van der Waals surface area contributed by atoms with Gasteiger partial charge in [0.25, 0.3) is 5.91 Å². The van der Waals surface area contributed by atoms with E-state index >= 15 is 0 Å². The zero-order chi connectivity index (χ0) is 18.4. The zero-order valence-corrected chi connectivity index (χ0v) is 14.9. The highest BCUT2D eigenvalue weighted by Crippen LogP contribution is 2.23. The normalized spacial score (nSPS) is 10.2. The van der Waals surface area contributed by atoms with Crippen LogP contribution in [0.25, 0.3) is 0 Å². The maximum atomic E-state index is 12.0. The van der Waals surface area contributed by atoms with Gasteiger partial charge in [-0.3, -0.25) is 9.78 Å². The second kappa shape index (κ2) is 8.36. The largest absolute Gasteiger partial charge is 0.483 e. The Hall–Kier alpha value is -3.05. The fourth-order valence-corrected chi connectivity index (χ4v) is 2.49. The lowest BCUT2D eigenvalue weighted by Crippen LogP contribution is -2.20. The van der Waals surface area contributed by atoms with Gasteiger partial charge in [0.15, 0.2) is 6.61 Å². The summed E-state index contributed by atoms with van der Waals surface area (Å²) < 4.78 is 11.2. The van der Waals surface area contributed by atoms with Gasteiger partial charge in [0.1, 0.15) is 17.2 Å². The SMILES string of the molecule is Cc1cc(Cl)ccc1OCC(=O)Nc1ccc(Oc2ccncc2)cc1. The van der Waals surface area contributed by atoms with Crippen molar-refractivity contribution in [1.82, 2.24) is 4.98 Å². The lowest BCUT2D eigenvalue weighted by atomic mass is 10.2. The summed E-state index contributed by atoms with van der Waals surface area (Å²) in [4.78, 5) is 16.0. The van der Waals surface area contributed by atoms with Gasteiger partial charge in [-0.1, -0.05) is 11.6 Å². The van der Waals surface area contributed by atoms with Crippen LogP contribution < -0.4 is 14.8 Å². The van der Waals surface area contributed by atoms with Crippen LogP contribution in [0.3, 0.4) is 0 Å². The minimum absolute atomic E-state index is 0.0856. The Kier molecular flexibility index (Phi) is 5.71. The summed E-state index contributed by atoms with van der Waals surface area (Å²) in [5.41, 5.74) is 1.54. The van der Waals surface area contributed by atoms with Gasteiger partial charge in [0.05, 0.1) is 0 Å². The van der Waals surface area contributed by atoms with Gasteiger partial charge in [-0.15, -0.1) is 0 Å². The van der Waals surface area contributed by atoms with E-state index in [1.807, 2.05) is 6.92 Å². The monoisotopic (exact) mass is 368 g/mol. The molecule has 0 bridgehead atoms. The van der Waals surface area contributed by atoms with Gasteiger partial charge in [0, 0.05) is 23.1 Å². The highest BCUT2D eigenvalue weighted by Gasteiger charge is 2.06. The summed E-state index contributed by atoms with van der Waals surface area (Å²) in [6.45, 7) is 1.79. The van der Waals surface area contributed by atoms with Gasteiger partial charge < -0.3 is 14.8 Å². The second-order valence-electron chi connectivity index (χ2n) is 5.56. The Balaban J connectivity index is 1.52. The van der Waals surface area contributed by atoms with Crippen molar-refractivity contribution in [1.29, 1.82) is 0 Å². The number of aromatic nitrogens is 1. The predicted molar refractivity (Wildman–Crippen MR) is 101 cm³/mol. The maximum Gasteiger partial charge on any atom is 0.262 e. The van der Waals surface area contributed by atoms with Crippen LogP contribution in [-0.2, 0) is 4.79 Å². The molecule has 3 aromatic rings. The molecule has 1 amide bonds. The van der Waals surface area contributed by atoms with Gasteiger partial charge in [-0.2, -0.15) is 0 Å². The lowest BCUT2D eigenvalue weighted by molar-refractivity contribution is -0.118. The van der Waals surface area contributed by atoms with Gasteiger partial charge >= 0.3 is 0 Å². The number of halogens is 1. The van der Waals surface area contributed by atoms with E-state index in [9.17, 15) is 4.79 Å². The van der Waals surface area contributed by atoms with Crippen molar-refractivity contribution in [2.45, 2.75) is 6.92 Å². The minimum atomic E-state index is -0.248. The summed E-state index contributed by atoms with van der Waals surface area (Å²) in [6.07, 6.45) is 3.32. The van der Waals surface area contributed by atoms with Crippen molar-refractivity contribution in [3.05, 3.63) is 77.6 Å². The summed E-state index contributed by atoms with van der Waals surface area (Å²) >= 11 is 5.90. The van der Waals surface area contributed by atoms with Crippen LogP contribution in [0.1, 0.15) is 5.56 Å². The third-order valence-corrected chi connectivity index (χ3v) is 3.75. The number of hydrogen-bond acceptors (Lipinski definition) is 4. The molecule has 0 spiro atoms. The molecule has 1 heterocycles. The van der Waals surface area contributed by atoms with Crippen molar-refractivity contribution in [3.8, 4) is 17.2 Å². The molecule has 0 atom stereocenters. The third-order valence-electron chi connectivity index (χ3n) is 3.52. The highest BCUT2D eigenvalue weighted by molar-refractivity contribution is 6.30. The molecule has 0 saturated carbocycles. The lowest BCUT2D eigenvalue weighted by Gasteiger charge is -2.10. The summed E-state index contributed by atoms with van der Waals surface area (Å²) in [5.74, 6) is 1.75. The topological polar surface area (TPSA) is 60.5 Å². The van der Waals surface area contributed by atoms with Gasteiger partial charge in [0.2, 0.25) is 0 Å². The van der Waals surface area contributed by atoms with E-state index in [1.54, 1.807) is 67.0 Å². The molecule has 0 radical (unpaired) electrons. The molecule has 0 unspecified atom stereocenters. The molecule has 0 fully saturated rings. The van der Waals surface area contributed by atoms with Crippen LogP contribution in [0.4, 0.5) is 5.69 Å². The Labute approximate surface area is 156 Å². The number of benzene rings is 2. The molecule has 0 aliphatic carbocycles. The number of carbonyl (C=O) groups is 1. The minimum Gasteiger partial charge on any atom is -0.483 e. The van der Waals surface area contributed by atoms with Crippen molar-refractivity contribution >= 4 is 23.2 Å². The smallest absolute Gasteiger partial charge is 0.262 e. The Morgan fingerprint density at radius 1 is 1.04 bits per heavy atom. The van der Waals surface area contributed by atoms with Crippen molar-refractivity contribution in [2.75, 3.05) is 11.9 Å². The molecule has 6 heteroatoms. The first kappa shape index (κ1) is 17.8. The first-order chi connectivity index (χ1) is 12.6. The Morgan fingerprint density at radius 2 is 1.73 bits per heavy atom. The van der Waals surface area contributed by atoms with Crippen LogP contribution in [0.5, 0.6) is 17.2 Å². The molecule has 0 saturated heterocycles. The molecule has 5 nitrogen and oxygen atoms in total. The van der Waals surface area contributed by atoms with Crippen LogP contribution in [0.2, 0.25) is 5.02 Å². The average Bonchev–Trinajstić information content (AvgIpc) is 2.63. The molecule has 0 aliphatic heterocycles. The number of anilines is 1. The van der Waals surface area contributed by atoms with E-state index in [0.717, 1.165) is 5.56 Å². The van der Waals surface area contributed by atoms with Crippen LogP contribution >= 0.6 is 11.6 Å². The van der Waals surface area contributed by atoms with E-state index in [0.29, 0.717) is 28.0 Å². The number of ether oxygens (including phenoxy) is 2. The Morgan fingerprint density at radius 3 is 2.42 bits per heavy atom. The summed E-state index contributed by atoms with van der Waals surface area (Å²) in [5, 5.41) is 3.41. The predicted octanol–water partition coefficient (Wildman–Crippen LogP) is 4.85. The first-order valence-corrected chi connectivity index (χ1v) is 8.35. The van der Waals surface area contributed by atoms with E-state index in [2.05, 4.69) is 10.3 Å². The third kappa shape index (κ3) is 4.97. The molecule has 1 N–H and O–H groups in total. The number of nitrogens with one attached hydrogen (secondary N) is 1. The van der Waals surface area contributed by atoms with Gasteiger partial charge in [-0.25, -0.2) is 0 Å². The first-order valence-electron chi connectivity index (χ1n) is 7.97. The molecule has 1 aromatic heterocycles. The van der Waals surface area contributed by atoms with Crippen LogP contribution in [0.15, 0.2) is 67.0 Å². The standard InChI is InChI=1S/C20H17ClN2O3/c1-14-12-15(21)2-7-19(14)25-13-20(24)23-16-3-5-17(6-4-16)26-18-8-10-22-11-9-18/h2-12H,13H2,1H3,(H,23,24). The quantitative estimate of drug-likeness (QED) is 0.675. The number of pyridine rings is 1. The van der Waals surface area contributed by atoms with Crippen molar-refractivity contribution in [2.24, 2.45) is 0 Å². The van der Waals surface area contributed by atoms with E-state index in [4.69, 9.17) is 21.1 Å². The second-order valence-corrected chi connectivity index (χ2v) is 5.99.